The van der Waals surface area contributed by atoms with Crippen LogP contribution in [0.3, 0.4) is 0 Å². The van der Waals surface area contributed by atoms with Crippen molar-refractivity contribution in [2.75, 3.05) is 19.8 Å². The summed E-state index contributed by atoms with van der Waals surface area (Å²) in [7, 11) is 0. The normalized spacial score (nSPS) is 13.3. The Kier molecular flexibility index (Phi) is 37.7. The molecule has 0 radical (unpaired) electrons. The Balaban J connectivity index is 3.54. The van der Waals surface area contributed by atoms with E-state index in [1.165, 1.54) is 51.4 Å². The minimum absolute atomic E-state index is 0.189. The van der Waals surface area contributed by atoms with Gasteiger partial charge in [-0.15, -0.1) is 0 Å². The molecular formula is C43H72O4. The van der Waals surface area contributed by atoms with Crippen molar-refractivity contribution in [3.05, 3.63) is 85.1 Å². The highest BCUT2D eigenvalue weighted by Gasteiger charge is 2.13. The first-order valence-corrected chi connectivity index (χ1v) is 19.2. The van der Waals surface area contributed by atoms with Crippen LogP contribution in [0.4, 0.5) is 0 Å². The molecule has 0 aromatic carbocycles. The number of carbonyl (C=O) groups is 1. The number of allylic oxidation sites excluding steroid dienone is 14. The third kappa shape index (κ3) is 37.9. The van der Waals surface area contributed by atoms with E-state index in [2.05, 4.69) is 98.9 Å². The number of ether oxygens (including phenoxy) is 2. The number of rotatable bonds is 34. The second-order valence-electron chi connectivity index (χ2n) is 12.3. The molecule has 0 aliphatic carbocycles. The second-order valence-corrected chi connectivity index (χ2v) is 12.3. The third-order valence-corrected chi connectivity index (χ3v) is 7.69. The average molecular weight is 653 g/mol. The van der Waals surface area contributed by atoms with Crippen molar-refractivity contribution < 1.29 is 19.4 Å². The van der Waals surface area contributed by atoms with Crippen LogP contribution in [0.25, 0.3) is 0 Å². The zero-order valence-electron chi connectivity index (χ0n) is 30.5. The van der Waals surface area contributed by atoms with Crippen LogP contribution in [0, 0.1) is 0 Å². The van der Waals surface area contributed by atoms with Gasteiger partial charge in [-0.2, -0.15) is 0 Å². The topological polar surface area (TPSA) is 55.8 Å². The predicted molar refractivity (Wildman–Crippen MR) is 205 cm³/mol. The van der Waals surface area contributed by atoms with Crippen LogP contribution in [-0.2, 0) is 14.3 Å². The van der Waals surface area contributed by atoms with E-state index in [4.69, 9.17) is 9.47 Å². The molecule has 0 rings (SSSR count). The molecule has 0 aromatic heterocycles. The monoisotopic (exact) mass is 653 g/mol. The van der Waals surface area contributed by atoms with E-state index in [9.17, 15) is 9.90 Å². The Labute approximate surface area is 290 Å². The van der Waals surface area contributed by atoms with Gasteiger partial charge in [0.15, 0.2) is 0 Å². The van der Waals surface area contributed by atoms with Crippen molar-refractivity contribution in [1.82, 2.24) is 0 Å². The van der Waals surface area contributed by atoms with Crippen molar-refractivity contribution >= 4 is 5.97 Å². The number of hydrogen-bond acceptors (Lipinski definition) is 4. The molecule has 4 nitrogen and oxygen atoms in total. The molecule has 0 saturated heterocycles. The van der Waals surface area contributed by atoms with Crippen LogP contribution in [0.15, 0.2) is 85.1 Å². The van der Waals surface area contributed by atoms with E-state index < -0.39 is 6.10 Å². The van der Waals surface area contributed by atoms with Crippen LogP contribution in [0.2, 0.25) is 0 Å². The summed E-state index contributed by atoms with van der Waals surface area (Å²) in [5.41, 5.74) is 0. The van der Waals surface area contributed by atoms with Gasteiger partial charge >= 0.3 is 5.97 Å². The quantitative estimate of drug-likeness (QED) is 0.0427. The Morgan fingerprint density at radius 2 is 0.957 bits per heavy atom. The largest absolute Gasteiger partial charge is 0.457 e. The molecule has 0 aliphatic rings. The summed E-state index contributed by atoms with van der Waals surface area (Å²) in [6.07, 6.45) is 54.8. The molecule has 0 bridgehead atoms. The van der Waals surface area contributed by atoms with Crippen LogP contribution < -0.4 is 0 Å². The van der Waals surface area contributed by atoms with Gasteiger partial charge in [0.05, 0.1) is 13.2 Å². The molecule has 0 amide bonds. The lowest BCUT2D eigenvalue weighted by atomic mass is 10.1. The summed E-state index contributed by atoms with van der Waals surface area (Å²) in [5.74, 6) is -0.226. The molecule has 0 heterocycles. The summed E-state index contributed by atoms with van der Waals surface area (Å²) >= 11 is 0. The van der Waals surface area contributed by atoms with Gasteiger partial charge in [-0.1, -0.05) is 150 Å². The molecular weight excluding hydrogens is 580 g/mol. The van der Waals surface area contributed by atoms with E-state index in [1.807, 2.05) is 0 Å². The fourth-order valence-corrected chi connectivity index (χ4v) is 4.86. The van der Waals surface area contributed by atoms with Gasteiger partial charge in [0.25, 0.3) is 0 Å². The predicted octanol–water partition coefficient (Wildman–Crippen LogP) is 12.4. The molecule has 1 atom stereocenters. The zero-order chi connectivity index (χ0) is 34.1. The van der Waals surface area contributed by atoms with Gasteiger partial charge in [0.2, 0.25) is 0 Å². The molecule has 0 aromatic rings. The molecule has 0 spiro atoms. The van der Waals surface area contributed by atoms with Gasteiger partial charge in [0.1, 0.15) is 6.10 Å². The van der Waals surface area contributed by atoms with Crippen molar-refractivity contribution in [3.8, 4) is 0 Å². The molecule has 47 heavy (non-hydrogen) atoms. The second kappa shape index (κ2) is 39.7. The summed E-state index contributed by atoms with van der Waals surface area (Å²) in [4.78, 5) is 12.1. The minimum Gasteiger partial charge on any atom is -0.457 e. The van der Waals surface area contributed by atoms with Crippen LogP contribution in [-0.4, -0.2) is 37.0 Å². The minimum atomic E-state index is -0.554. The van der Waals surface area contributed by atoms with Gasteiger partial charge < -0.3 is 14.6 Å². The summed E-state index contributed by atoms with van der Waals surface area (Å²) in [6.45, 7) is 5.10. The van der Waals surface area contributed by atoms with Crippen LogP contribution in [0.5, 0.6) is 0 Å². The molecule has 268 valence electrons. The number of carbonyl (C=O) groups excluding carboxylic acids is 1. The summed E-state index contributed by atoms with van der Waals surface area (Å²) in [5, 5.41) is 9.56. The Morgan fingerprint density at radius 3 is 1.45 bits per heavy atom. The first-order chi connectivity index (χ1) is 23.2. The highest BCUT2D eigenvalue weighted by atomic mass is 16.6. The van der Waals surface area contributed by atoms with E-state index in [0.717, 1.165) is 83.5 Å². The molecule has 0 fully saturated rings. The maximum atomic E-state index is 12.1. The first-order valence-electron chi connectivity index (χ1n) is 19.2. The first kappa shape index (κ1) is 44.6. The number of unbranched alkanes of at least 4 members (excludes halogenated alkanes) is 12. The molecule has 0 saturated carbocycles. The van der Waals surface area contributed by atoms with Gasteiger partial charge in [-0.05, 0) is 83.5 Å². The standard InChI is InChI=1S/C43H72O4/c1-3-5-7-9-11-13-15-17-18-19-20-21-22-23-24-25-27-29-31-33-35-37-39-46-41-42(40-44)47-43(45)38-36-34-32-30-28-26-16-14-12-10-8-6-4-2/h5,7-8,10-11,13-14,16-18,20-21,23-24,42,44H,3-4,6,9,12,15,19,22,25-41H2,1-2H3/b7-5-,10-8-,13-11-,16-14-,18-17-,21-20-,24-23-. The van der Waals surface area contributed by atoms with Crippen molar-refractivity contribution in [1.29, 1.82) is 0 Å². The van der Waals surface area contributed by atoms with E-state index in [0.29, 0.717) is 13.0 Å². The maximum absolute atomic E-state index is 12.1. The highest BCUT2D eigenvalue weighted by Crippen LogP contribution is 2.11. The SMILES string of the molecule is CC/C=C\C/C=C\C/C=C\C/C=C\C/C=C\CCCCCCCCOCC(CO)OC(=O)CCCCCCC/C=C\C/C=C\CCC. The summed E-state index contributed by atoms with van der Waals surface area (Å²) in [6, 6.07) is 0. The van der Waals surface area contributed by atoms with Crippen LogP contribution >= 0.6 is 0 Å². The smallest absolute Gasteiger partial charge is 0.306 e. The number of esters is 1. The average Bonchev–Trinajstić information content (AvgIpc) is 3.08. The lowest BCUT2D eigenvalue weighted by Gasteiger charge is -2.15. The fraction of sp³-hybridized carbons (Fsp3) is 0.651. The van der Waals surface area contributed by atoms with E-state index >= 15 is 0 Å². The van der Waals surface area contributed by atoms with Crippen molar-refractivity contribution in [2.24, 2.45) is 0 Å². The third-order valence-electron chi connectivity index (χ3n) is 7.69. The number of aliphatic hydroxyl groups excluding tert-OH is 1. The van der Waals surface area contributed by atoms with Crippen molar-refractivity contribution in [2.45, 2.75) is 161 Å². The molecule has 1 N–H and O–H groups in total. The maximum Gasteiger partial charge on any atom is 0.306 e. The zero-order valence-corrected chi connectivity index (χ0v) is 30.5. The Bertz CT molecular complexity index is 861. The molecule has 4 heteroatoms. The van der Waals surface area contributed by atoms with Gasteiger partial charge in [0, 0.05) is 13.0 Å². The fourth-order valence-electron chi connectivity index (χ4n) is 4.86. The molecule has 0 aliphatic heterocycles. The lowest BCUT2D eigenvalue weighted by molar-refractivity contribution is -0.154. The Morgan fingerprint density at radius 1 is 0.532 bits per heavy atom. The van der Waals surface area contributed by atoms with E-state index in [-0.39, 0.29) is 19.2 Å². The number of aliphatic hydroxyl groups is 1. The van der Waals surface area contributed by atoms with Crippen LogP contribution in [0.1, 0.15) is 155 Å². The van der Waals surface area contributed by atoms with Gasteiger partial charge in [-0.25, -0.2) is 0 Å². The van der Waals surface area contributed by atoms with Gasteiger partial charge in [-0.3, -0.25) is 4.79 Å². The highest BCUT2D eigenvalue weighted by molar-refractivity contribution is 5.69. The molecule has 1 unspecified atom stereocenters. The Hall–Kier alpha value is -2.43. The van der Waals surface area contributed by atoms with E-state index in [1.54, 1.807) is 0 Å². The lowest BCUT2D eigenvalue weighted by Crippen LogP contribution is -2.27. The number of hydrogen-bond donors (Lipinski definition) is 1. The van der Waals surface area contributed by atoms with Crippen molar-refractivity contribution in [3.63, 3.8) is 0 Å². The summed E-state index contributed by atoms with van der Waals surface area (Å²) < 4.78 is 11.1.